The first-order chi connectivity index (χ1) is 14.6. The summed E-state index contributed by atoms with van der Waals surface area (Å²) in [5.74, 6) is 0.730. The second-order valence-corrected chi connectivity index (χ2v) is 7.43. The lowest BCUT2D eigenvalue weighted by molar-refractivity contribution is -0.122. The zero-order valence-corrected chi connectivity index (χ0v) is 17.1. The van der Waals surface area contributed by atoms with Gasteiger partial charge in [-0.3, -0.25) is 19.2 Å². The van der Waals surface area contributed by atoms with Crippen LogP contribution in [0.4, 0.5) is 0 Å². The fraction of sp³-hybridized carbons (Fsp3) is 0.318. The number of carbonyl (C=O) groups is 2. The van der Waals surface area contributed by atoms with Crippen LogP contribution in [-0.2, 0) is 18.4 Å². The summed E-state index contributed by atoms with van der Waals surface area (Å²) in [5, 5.41) is 7.23. The molecule has 0 spiro atoms. The van der Waals surface area contributed by atoms with Crippen LogP contribution in [-0.4, -0.2) is 68.7 Å². The number of piperazine rings is 1. The number of hydrogen-bond acceptors (Lipinski definition) is 4. The molecule has 30 heavy (non-hydrogen) atoms. The Labute approximate surface area is 175 Å². The van der Waals surface area contributed by atoms with Gasteiger partial charge in [-0.2, -0.15) is 5.10 Å². The first kappa shape index (κ1) is 19.9. The number of benzene rings is 1. The van der Waals surface area contributed by atoms with Crippen LogP contribution in [0.2, 0.25) is 0 Å². The van der Waals surface area contributed by atoms with E-state index in [1.54, 1.807) is 10.9 Å². The fourth-order valence-corrected chi connectivity index (χ4v) is 3.70. The van der Waals surface area contributed by atoms with Gasteiger partial charge in [0.25, 0.3) is 5.91 Å². The Balaban J connectivity index is 1.30. The van der Waals surface area contributed by atoms with Crippen LogP contribution in [0.3, 0.4) is 0 Å². The molecular weight excluding hydrogens is 380 g/mol. The van der Waals surface area contributed by atoms with Gasteiger partial charge in [-0.05, 0) is 17.7 Å². The number of aromatic nitrogens is 3. The number of nitrogens with zero attached hydrogens (tertiary/aromatic N) is 5. The van der Waals surface area contributed by atoms with Crippen molar-refractivity contribution >= 4 is 11.8 Å². The lowest BCUT2D eigenvalue weighted by Gasteiger charge is -2.34. The molecule has 8 heteroatoms. The Morgan fingerprint density at radius 3 is 2.40 bits per heavy atom. The molecule has 1 saturated heterocycles. The van der Waals surface area contributed by atoms with E-state index in [1.165, 1.54) is 0 Å². The summed E-state index contributed by atoms with van der Waals surface area (Å²) in [6.45, 7) is 3.39. The topological polar surface area (TPSA) is 75.4 Å². The van der Waals surface area contributed by atoms with Crippen molar-refractivity contribution in [3.05, 3.63) is 72.2 Å². The van der Waals surface area contributed by atoms with E-state index >= 15 is 0 Å². The van der Waals surface area contributed by atoms with Crippen LogP contribution >= 0.6 is 0 Å². The first-order valence-corrected chi connectivity index (χ1v) is 10.1. The van der Waals surface area contributed by atoms with Crippen molar-refractivity contribution in [2.75, 3.05) is 32.7 Å². The third kappa shape index (κ3) is 4.44. The quantitative estimate of drug-likeness (QED) is 0.669. The van der Waals surface area contributed by atoms with Gasteiger partial charge < -0.3 is 14.8 Å². The molecule has 1 aliphatic heterocycles. The van der Waals surface area contributed by atoms with E-state index in [1.807, 2.05) is 71.4 Å². The second kappa shape index (κ2) is 8.96. The molecule has 1 aliphatic rings. The van der Waals surface area contributed by atoms with Crippen LogP contribution in [0.5, 0.6) is 0 Å². The van der Waals surface area contributed by atoms with Gasteiger partial charge in [-0.15, -0.1) is 0 Å². The summed E-state index contributed by atoms with van der Waals surface area (Å²) in [6.07, 6.45) is 5.43. The number of rotatable bonds is 6. The third-order valence-electron chi connectivity index (χ3n) is 5.35. The lowest BCUT2D eigenvalue weighted by Crippen LogP contribution is -2.51. The average molecular weight is 406 g/mol. The van der Waals surface area contributed by atoms with Crippen molar-refractivity contribution in [3.8, 4) is 5.82 Å². The lowest BCUT2D eigenvalue weighted by atomic mass is 10.2. The highest BCUT2D eigenvalue weighted by atomic mass is 16.2. The molecule has 0 bridgehead atoms. The highest BCUT2D eigenvalue weighted by Gasteiger charge is 2.26. The molecule has 0 radical (unpaired) electrons. The maximum Gasteiger partial charge on any atom is 0.259 e. The highest BCUT2D eigenvalue weighted by Crippen LogP contribution is 2.17. The molecule has 8 nitrogen and oxygen atoms in total. The standard InChI is InChI=1S/C22H26N6O2/c1-25-21(27-9-5-6-10-27)19(16-24-25)22(30)28-13-11-26(12-14-28)17-20(29)23-15-18-7-3-2-4-8-18/h2-10,16H,11-15,17H2,1H3,(H,23,29). The minimum absolute atomic E-state index is 0.000725. The Morgan fingerprint density at radius 1 is 1.00 bits per heavy atom. The van der Waals surface area contributed by atoms with E-state index in [0.29, 0.717) is 44.8 Å². The Bertz CT molecular complexity index is 988. The van der Waals surface area contributed by atoms with Gasteiger partial charge in [0, 0.05) is 52.2 Å². The van der Waals surface area contributed by atoms with Crippen molar-refractivity contribution in [2.24, 2.45) is 7.05 Å². The van der Waals surface area contributed by atoms with Gasteiger partial charge in [0.1, 0.15) is 11.4 Å². The minimum atomic E-state index is -0.0278. The van der Waals surface area contributed by atoms with Gasteiger partial charge in [-0.25, -0.2) is 0 Å². The summed E-state index contributed by atoms with van der Waals surface area (Å²) >= 11 is 0. The molecule has 1 N–H and O–H groups in total. The Morgan fingerprint density at radius 2 is 1.70 bits per heavy atom. The molecule has 3 aromatic rings. The number of carbonyl (C=O) groups excluding carboxylic acids is 2. The average Bonchev–Trinajstić information content (AvgIpc) is 3.42. The zero-order chi connectivity index (χ0) is 20.9. The van der Waals surface area contributed by atoms with Crippen molar-refractivity contribution in [1.29, 1.82) is 0 Å². The molecule has 2 aromatic heterocycles. The smallest absolute Gasteiger partial charge is 0.259 e. The van der Waals surface area contributed by atoms with Gasteiger partial charge in [0.2, 0.25) is 5.91 Å². The first-order valence-electron chi connectivity index (χ1n) is 10.1. The van der Waals surface area contributed by atoms with Crippen molar-refractivity contribution < 1.29 is 9.59 Å². The van der Waals surface area contributed by atoms with E-state index in [4.69, 9.17) is 0 Å². The number of hydrogen-bond donors (Lipinski definition) is 1. The normalized spacial score (nSPS) is 14.6. The van der Waals surface area contributed by atoms with E-state index in [-0.39, 0.29) is 11.8 Å². The van der Waals surface area contributed by atoms with E-state index < -0.39 is 0 Å². The Kier molecular flexibility index (Phi) is 5.94. The molecule has 0 aliphatic carbocycles. The predicted molar refractivity (Wildman–Crippen MR) is 113 cm³/mol. The van der Waals surface area contributed by atoms with Crippen molar-refractivity contribution in [2.45, 2.75) is 6.54 Å². The summed E-state index contributed by atoms with van der Waals surface area (Å²) in [5.41, 5.74) is 1.67. The third-order valence-corrected chi connectivity index (χ3v) is 5.35. The second-order valence-electron chi connectivity index (χ2n) is 7.43. The summed E-state index contributed by atoms with van der Waals surface area (Å²) in [6, 6.07) is 13.7. The molecule has 0 saturated carbocycles. The molecule has 4 rings (SSSR count). The summed E-state index contributed by atoms with van der Waals surface area (Å²) in [4.78, 5) is 29.3. The Hall–Kier alpha value is -3.39. The van der Waals surface area contributed by atoms with Crippen molar-refractivity contribution in [3.63, 3.8) is 0 Å². The molecular formula is C22H26N6O2. The molecule has 2 amide bonds. The minimum Gasteiger partial charge on any atom is -0.351 e. The number of amides is 2. The number of nitrogens with one attached hydrogen (secondary N) is 1. The van der Waals surface area contributed by atoms with Gasteiger partial charge in [0.05, 0.1) is 12.7 Å². The van der Waals surface area contributed by atoms with Gasteiger partial charge in [-0.1, -0.05) is 30.3 Å². The van der Waals surface area contributed by atoms with E-state index in [9.17, 15) is 9.59 Å². The largest absolute Gasteiger partial charge is 0.351 e. The van der Waals surface area contributed by atoms with E-state index in [0.717, 1.165) is 11.4 Å². The maximum atomic E-state index is 13.1. The van der Waals surface area contributed by atoms with Crippen LogP contribution in [0.15, 0.2) is 61.1 Å². The predicted octanol–water partition coefficient (Wildman–Crippen LogP) is 1.29. The number of aryl methyl sites for hydroxylation is 1. The van der Waals surface area contributed by atoms with Crippen LogP contribution in [0.1, 0.15) is 15.9 Å². The van der Waals surface area contributed by atoms with Gasteiger partial charge >= 0.3 is 0 Å². The summed E-state index contributed by atoms with van der Waals surface area (Å²) in [7, 11) is 1.83. The molecule has 0 unspecified atom stereocenters. The highest BCUT2D eigenvalue weighted by molar-refractivity contribution is 5.97. The monoisotopic (exact) mass is 406 g/mol. The summed E-state index contributed by atoms with van der Waals surface area (Å²) < 4.78 is 3.61. The fourth-order valence-electron chi connectivity index (χ4n) is 3.70. The van der Waals surface area contributed by atoms with Crippen LogP contribution in [0.25, 0.3) is 5.82 Å². The molecule has 0 atom stereocenters. The maximum absolute atomic E-state index is 13.1. The van der Waals surface area contributed by atoms with Crippen molar-refractivity contribution in [1.82, 2.24) is 29.5 Å². The van der Waals surface area contributed by atoms with Crippen LogP contribution < -0.4 is 5.32 Å². The van der Waals surface area contributed by atoms with Crippen LogP contribution in [0, 0.1) is 0 Å². The SMILES string of the molecule is Cn1ncc(C(=O)N2CCN(CC(=O)NCc3ccccc3)CC2)c1-n1cccc1. The van der Waals surface area contributed by atoms with Gasteiger partial charge in [0.15, 0.2) is 0 Å². The molecule has 156 valence electrons. The van der Waals surface area contributed by atoms with E-state index in [2.05, 4.69) is 15.3 Å². The molecule has 1 fully saturated rings. The molecule has 1 aromatic carbocycles. The zero-order valence-electron chi connectivity index (χ0n) is 17.1. The molecule has 3 heterocycles.